The molecule has 1 aliphatic carbocycles. The Morgan fingerprint density at radius 3 is 2.58 bits per heavy atom. The number of methoxy groups -OCH3 is 1. The van der Waals surface area contributed by atoms with E-state index < -0.39 is 0 Å². The van der Waals surface area contributed by atoms with Crippen molar-refractivity contribution < 1.29 is 6.16 Å². The highest BCUT2D eigenvalue weighted by Crippen LogP contribution is 2.40. The van der Waals surface area contributed by atoms with Gasteiger partial charge in [-0.15, -0.1) is 0 Å². The third-order valence-corrected chi connectivity index (χ3v) is 2.46. The van der Waals surface area contributed by atoms with Crippen LogP contribution in [-0.2, 0) is 4.74 Å². The topological polar surface area (TPSA) is 21.3 Å². The molecule has 0 aliphatic heterocycles. The van der Waals surface area contributed by atoms with Crippen LogP contribution < -0.4 is 5.32 Å². The minimum atomic E-state index is 0. The second-order valence-corrected chi connectivity index (χ2v) is 4.30. The van der Waals surface area contributed by atoms with Crippen LogP contribution in [0.3, 0.4) is 0 Å². The summed E-state index contributed by atoms with van der Waals surface area (Å²) in [6, 6.07) is 0. The lowest BCUT2D eigenvalue weighted by molar-refractivity contribution is 0.192. The van der Waals surface area contributed by atoms with Gasteiger partial charge in [0.2, 0.25) is 0 Å². The van der Waals surface area contributed by atoms with Gasteiger partial charge in [0, 0.05) is 20.6 Å². The Balaban J connectivity index is 0.00000144. The lowest BCUT2D eigenvalue weighted by Gasteiger charge is -2.19. The summed E-state index contributed by atoms with van der Waals surface area (Å²) >= 11 is 0. The van der Waals surface area contributed by atoms with Crippen molar-refractivity contribution in [3.8, 4) is 0 Å². The summed E-state index contributed by atoms with van der Waals surface area (Å²) in [7, 11) is 1.75. The van der Waals surface area contributed by atoms with E-state index in [1.807, 2.05) is 0 Å². The summed E-state index contributed by atoms with van der Waals surface area (Å²) in [5, 5.41) is 3.58. The molecule has 0 bridgehead atoms. The molecule has 0 aromatic rings. The van der Waals surface area contributed by atoms with Crippen LogP contribution in [0.2, 0.25) is 0 Å². The summed E-state index contributed by atoms with van der Waals surface area (Å²) in [6.45, 7) is 6.42. The number of rotatable bonds is 6. The monoisotopic (exact) mass is 173 g/mol. The maximum atomic E-state index is 5.01. The average molecular weight is 173 g/mol. The Labute approximate surface area is 77.2 Å². The molecule has 1 saturated carbocycles. The highest BCUT2D eigenvalue weighted by Gasteiger charge is 2.41. The molecule has 2 heteroatoms. The molecule has 0 spiro atoms. The van der Waals surface area contributed by atoms with Gasteiger partial charge in [0.25, 0.3) is 0 Å². The molecule has 1 fully saturated rings. The molecule has 12 heavy (non-hydrogen) atoms. The van der Waals surface area contributed by atoms with Gasteiger partial charge in [-0.25, -0.2) is 0 Å². The van der Waals surface area contributed by atoms with E-state index in [4.69, 9.17) is 4.74 Å². The third kappa shape index (κ3) is 3.11. The zero-order chi connectivity index (χ0) is 9.03. The van der Waals surface area contributed by atoms with Crippen molar-refractivity contribution in [3.63, 3.8) is 0 Å². The van der Waals surface area contributed by atoms with Crippen LogP contribution in [0.4, 0.5) is 0 Å². The Morgan fingerprint density at radius 1 is 1.50 bits per heavy atom. The Morgan fingerprint density at radius 2 is 2.17 bits per heavy atom. The van der Waals surface area contributed by atoms with Crippen LogP contribution in [0, 0.1) is 5.92 Å². The van der Waals surface area contributed by atoms with Gasteiger partial charge in [-0.05, 0) is 25.2 Å². The van der Waals surface area contributed by atoms with Gasteiger partial charge in [-0.1, -0.05) is 13.8 Å². The maximum Gasteiger partial charge on any atom is 0.0587 e. The summed E-state index contributed by atoms with van der Waals surface area (Å²) in [5.74, 6) is 0.808. The molecule has 0 amide bonds. The fourth-order valence-corrected chi connectivity index (χ4v) is 1.80. The highest BCUT2D eigenvalue weighted by molar-refractivity contribution is 5.02. The van der Waals surface area contributed by atoms with E-state index in [0.717, 1.165) is 19.1 Å². The summed E-state index contributed by atoms with van der Waals surface area (Å²) in [6.07, 6.45) is 4.03. The van der Waals surface area contributed by atoms with Crippen LogP contribution in [-0.4, -0.2) is 25.8 Å². The van der Waals surface area contributed by atoms with Crippen molar-refractivity contribution in [2.24, 2.45) is 5.92 Å². The predicted octanol–water partition coefficient (Wildman–Crippen LogP) is 2.05. The fraction of sp³-hybridized carbons (Fsp3) is 1.00. The van der Waals surface area contributed by atoms with E-state index in [1.165, 1.54) is 19.3 Å². The van der Waals surface area contributed by atoms with Gasteiger partial charge in [0.15, 0.2) is 0 Å². The van der Waals surface area contributed by atoms with Crippen LogP contribution in [0.15, 0.2) is 0 Å². The first kappa shape index (κ1) is 10.0. The first-order valence-corrected chi connectivity index (χ1v) is 4.92. The summed E-state index contributed by atoms with van der Waals surface area (Å²) < 4.78 is 5.01. The van der Waals surface area contributed by atoms with E-state index in [1.54, 1.807) is 7.11 Å². The largest absolute Gasteiger partial charge is 0.383 e. The van der Waals surface area contributed by atoms with Crippen molar-refractivity contribution in [1.29, 1.82) is 0 Å². The van der Waals surface area contributed by atoms with Crippen molar-refractivity contribution in [2.45, 2.75) is 38.6 Å². The summed E-state index contributed by atoms with van der Waals surface area (Å²) in [4.78, 5) is 0. The standard InChI is InChI=1S/C10H21NO.H2/c1-9(2)8-10(4-5-10)11-6-7-12-3;/h9,11H,4-8H2,1-3H3;1H. The van der Waals surface area contributed by atoms with E-state index in [2.05, 4.69) is 19.2 Å². The molecule has 2 nitrogen and oxygen atoms in total. The zero-order valence-electron chi connectivity index (χ0n) is 8.52. The first-order valence-electron chi connectivity index (χ1n) is 4.92. The van der Waals surface area contributed by atoms with Crippen molar-refractivity contribution in [1.82, 2.24) is 5.32 Å². The molecule has 0 saturated heterocycles. The predicted molar refractivity (Wildman–Crippen MR) is 53.4 cm³/mol. The number of nitrogens with one attached hydrogen (secondary N) is 1. The fourth-order valence-electron chi connectivity index (χ4n) is 1.80. The van der Waals surface area contributed by atoms with Crippen LogP contribution >= 0.6 is 0 Å². The molecule has 0 aromatic carbocycles. The molecule has 1 N–H and O–H groups in total. The Kier molecular flexibility index (Phi) is 3.53. The van der Waals surface area contributed by atoms with Gasteiger partial charge in [0.1, 0.15) is 0 Å². The molecule has 0 unspecified atom stereocenters. The molecule has 0 aromatic heterocycles. The van der Waals surface area contributed by atoms with Gasteiger partial charge < -0.3 is 10.1 Å². The van der Waals surface area contributed by atoms with Crippen LogP contribution in [0.25, 0.3) is 0 Å². The normalized spacial score (nSPS) is 20.0. The Hall–Kier alpha value is -0.0800. The third-order valence-electron chi connectivity index (χ3n) is 2.46. The van der Waals surface area contributed by atoms with Gasteiger partial charge in [-0.3, -0.25) is 0 Å². The number of hydrogen-bond acceptors (Lipinski definition) is 2. The second-order valence-electron chi connectivity index (χ2n) is 4.30. The van der Waals surface area contributed by atoms with Gasteiger partial charge in [-0.2, -0.15) is 0 Å². The first-order chi connectivity index (χ1) is 5.68. The van der Waals surface area contributed by atoms with Crippen molar-refractivity contribution in [3.05, 3.63) is 0 Å². The number of ether oxygens (including phenoxy) is 1. The maximum absolute atomic E-state index is 5.01. The molecule has 1 rings (SSSR count). The van der Waals surface area contributed by atoms with E-state index in [-0.39, 0.29) is 1.43 Å². The Bertz CT molecular complexity index is 135. The molecule has 74 valence electrons. The van der Waals surface area contributed by atoms with Gasteiger partial charge >= 0.3 is 0 Å². The van der Waals surface area contributed by atoms with Crippen LogP contribution in [0.1, 0.15) is 34.5 Å². The smallest absolute Gasteiger partial charge is 0.0587 e. The molecule has 0 radical (unpaired) electrons. The lowest BCUT2D eigenvalue weighted by Crippen LogP contribution is -2.34. The van der Waals surface area contributed by atoms with Crippen molar-refractivity contribution >= 4 is 0 Å². The quantitative estimate of drug-likeness (QED) is 0.621. The minimum absolute atomic E-state index is 0. The average Bonchev–Trinajstić information content (AvgIpc) is 2.69. The van der Waals surface area contributed by atoms with Gasteiger partial charge in [0.05, 0.1) is 6.61 Å². The molecular formula is C10H23NO. The van der Waals surface area contributed by atoms with Crippen molar-refractivity contribution in [2.75, 3.05) is 20.3 Å². The molecular weight excluding hydrogens is 150 g/mol. The van der Waals surface area contributed by atoms with E-state index in [9.17, 15) is 0 Å². The van der Waals surface area contributed by atoms with Crippen LogP contribution in [0.5, 0.6) is 0 Å². The second kappa shape index (κ2) is 4.24. The minimum Gasteiger partial charge on any atom is -0.383 e. The molecule has 1 aliphatic rings. The zero-order valence-corrected chi connectivity index (χ0v) is 8.52. The summed E-state index contributed by atoms with van der Waals surface area (Å²) in [5.41, 5.74) is 0.493. The van der Waals surface area contributed by atoms with E-state index >= 15 is 0 Å². The van der Waals surface area contributed by atoms with E-state index in [0.29, 0.717) is 5.54 Å². The number of hydrogen-bond donors (Lipinski definition) is 1. The lowest BCUT2D eigenvalue weighted by atomic mass is 10.0. The SMILES string of the molecule is COCCNC1(CC(C)C)CC1.[HH]. The molecule has 0 heterocycles. The molecule has 0 atom stereocenters. The highest BCUT2D eigenvalue weighted by atomic mass is 16.5.